The summed E-state index contributed by atoms with van der Waals surface area (Å²) in [6, 6.07) is 9.79. The highest BCUT2D eigenvalue weighted by molar-refractivity contribution is 7.56. The van der Waals surface area contributed by atoms with Crippen LogP contribution in [0.25, 0.3) is 0 Å². The Bertz CT molecular complexity index is 663. The van der Waals surface area contributed by atoms with Gasteiger partial charge in [0.05, 0.1) is 31.6 Å². The van der Waals surface area contributed by atoms with Gasteiger partial charge in [0.1, 0.15) is 5.78 Å². The van der Waals surface area contributed by atoms with Gasteiger partial charge in [-0.3, -0.25) is 14.4 Å². The average Bonchev–Trinajstić information content (AvgIpc) is 2.66. The van der Waals surface area contributed by atoms with E-state index < -0.39 is 26.1 Å². The van der Waals surface area contributed by atoms with Gasteiger partial charge in [0.2, 0.25) is 0 Å². The Morgan fingerprint density at radius 3 is 1.79 bits per heavy atom. The molecule has 1 rings (SSSR count). The van der Waals surface area contributed by atoms with Crippen LogP contribution >= 0.6 is 15.2 Å². The fraction of sp³-hybridized carbons (Fsp3) is 0.700. The minimum atomic E-state index is -3.51. The third-order valence-corrected chi connectivity index (χ3v) is 9.64. The summed E-state index contributed by atoms with van der Waals surface area (Å²) in [5, 5.41) is 2.41. The van der Waals surface area contributed by atoms with Gasteiger partial charge in [0.25, 0.3) is 0 Å². The van der Waals surface area contributed by atoms with Crippen molar-refractivity contribution in [3.05, 3.63) is 35.9 Å². The van der Waals surface area contributed by atoms with Crippen molar-refractivity contribution >= 4 is 15.2 Å². The molecule has 0 amide bonds. The summed E-state index contributed by atoms with van der Waals surface area (Å²) in [5.74, 6) is -0.674. The quantitative estimate of drug-likeness (QED) is 0.339. The zero-order valence-electron chi connectivity index (χ0n) is 18.6. The molecule has 0 aliphatic rings. The molecule has 1 aromatic carbocycles. The van der Waals surface area contributed by atoms with E-state index in [0.29, 0.717) is 6.54 Å². The molecule has 7 nitrogen and oxygen atoms in total. The van der Waals surface area contributed by atoms with Gasteiger partial charge in [-0.15, -0.1) is 0 Å². The minimum Gasteiger partial charge on any atom is -0.308 e. The van der Waals surface area contributed by atoms with Gasteiger partial charge in [-0.2, -0.15) is 0 Å². The molecular weight excluding hydrogens is 412 g/mol. The lowest BCUT2D eigenvalue weighted by atomic mass is 10.1. The van der Waals surface area contributed by atoms with E-state index in [1.165, 1.54) is 0 Å². The molecule has 0 saturated heterocycles. The Morgan fingerprint density at radius 1 is 0.862 bits per heavy atom. The second-order valence-corrected chi connectivity index (χ2v) is 12.0. The van der Waals surface area contributed by atoms with Crippen LogP contribution in [0, 0.1) is 0 Å². The zero-order valence-corrected chi connectivity index (χ0v) is 20.3. The van der Waals surface area contributed by atoms with Crippen molar-refractivity contribution in [3.8, 4) is 0 Å². The van der Waals surface area contributed by atoms with Gasteiger partial charge in [-0.25, -0.2) is 0 Å². The van der Waals surface area contributed by atoms with Gasteiger partial charge < -0.3 is 18.1 Å². The van der Waals surface area contributed by atoms with Gasteiger partial charge in [0, 0.05) is 6.54 Å². The lowest BCUT2D eigenvalue weighted by Gasteiger charge is -2.37. The average molecular weight is 449 g/mol. The highest BCUT2D eigenvalue weighted by Crippen LogP contribution is 2.64. The molecule has 0 saturated carbocycles. The fourth-order valence-corrected chi connectivity index (χ4v) is 7.17. The topological polar surface area (TPSA) is 83.1 Å². The molecule has 1 N–H and O–H groups in total. The summed E-state index contributed by atoms with van der Waals surface area (Å²) >= 11 is 0. The van der Waals surface area contributed by atoms with E-state index >= 15 is 0 Å². The van der Waals surface area contributed by atoms with Gasteiger partial charge in [-0.1, -0.05) is 30.3 Å². The summed E-state index contributed by atoms with van der Waals surface area (Å²) in [6.07, 6.45) is 0.231. The third kappa shape index (κ3) is 7.59. The largest absolute Gasteiger partial charge is 0.347 e. The molecule has 0 fully saturated rings. The zero-order chi connectivity index (χ0) is 22.0. The summed E-state index contributed by atoms with van der Waals surface area (Å²) in [5.41, 5.74) is 1.03. The van der Waals surface area contributed by atoms with E-state index in [4.69, 9.17) is 18.1 Å². The first-order valence-electron chi connectivity index (χ1n) is 10.2. The van der Waals surface area contributed by atoms with Crippen molar-refractivity contribution < 1.29 is 27.2 Å². The monoisotopic (exact) mass is 449 g/mol. The first-order valence-corrected chi connectivity index (χ1v) is 13.4. The molecule has 0 spiro atoms. The Hall–Kier alpha value is -0.520. The molecular formula is C20H37NO6P2. The first kappa shape index (κ1) is 26.5. The van der Waals surface area contributed by atoms with Crippen molar-refractivity contribution in [1.82, 2.24) is 5.32 Å². The molecule has 0 aliphatic heterocycles. The maximum absolute atomic E-state index is 13.6. The van der Waals surface area contributed by atoms with E-state index in [1.807, 2.05) is 30.3 Å². The molecule has 1 atom stereocenters. The summed E-state index contributed by atoms with van der Waals surface area (Å²) in [4.78, 5) is 0. The molecule has 0 heterocycles. The molecule has 1 aromatic rings. The molecule has 0 bridgehead atoms. The van der Waals surface area contributed by atoms with Crippen molar-refractivity contribution in [1.29, 1.82) is 0 Å². The number of hydrogen-bond acceptors (Lipinski definition) is 7. The van der Waals surface area contributed by atoms with E-state index in [0.717, 1.165) is 5.56 Å². The van der Waals surface area contributed by atoms with Crippen LogP contribution in [-0.2, 0) is 33.8 Å². The Labute approximate surface area is 175 Å². The lowest BCUT2D eigenvalue weighted by molar-refractivity contribution is 0.187. The van der Waals surface area contributed by atoms with Crippen LogP contribution in [-0.4, -0.2) is 37.4 Å². The van der Waals surface area contributed by atoms with Crippen LogP contribution in [0.3, 0.4) is 0 Å². The summed E-state index contributed by atoms with van der Waals surface area (Å²) < 4.78 is 49.3. The summed E-state index contributed by atoms with van der Waals surface area (Å²) in [7, 11) is -6.97. The van der Waals surface area contributed by atoms with E-state index in [-0.39, 0.29) is 32.8 Å². The predicted molar refractivity (Wildman–Crippen MR) is 117 cm³/mol. The Morgan fingerprint density at radius 2 is 1.34 bits per heavy atom. The van der Waals surface area contributed by atoms with Crippen LogP contribution in [0.1, 0.15) is 53.5 Å². The second-order valence-electron chi connectivity index (χ2n) is 7.11. The minimum absolute atomic E-state index is 0.231. The maximum atomic E-state index is 13.6. The van der Waals surface area contributed by atoms with E-state index in [9.17, 15) is 9.13 Å². The van der Waals surface area contributed by atoms with Gasteiger partial charge in [0.15, 0.2) is 0 Å². The second kappa shape index (κ2) is 12.4. The smallest absolute Gasteiger partial charge is 0.308 e. The molecule has 0 radical (unpaired) electrons. The van der Waals surface area contributed by atoms with Gasteiger partial charge in [-0.05, 0) is 53.5 Å². The fourth-order valence-electron chi connectivity index (χ4n) is 3.02. The third-order valence-electron chi connectivity index (χ3n) is 4.42. The summed E-state index contributed by atoms with van der Waals surface area (Å²) in [6.45, 7) is 12.2. The standard InChI is InChI=1S/C20H37NO6P2/c1-7-24-28(22,25-8-2)19(21-17-18-14-12-11-13-15-18)16-20(5,6)29(23,26-9-3)27-10-4/h11-15,19,21H,7-10,16-17H2,1-6H3. The number of rotatable bonds is 15. The predicted octanol–water partition coefficient (Wildman–Crippen LogP) is 5.80. The highest BCUT2D eigenvalue weighted by Gasteiger charge is 2.48. The lowest BCUT2D eigenvalue weighted by Crippen LogP contribution is -2.38. The molecule has 29 heavy (non-hydrogen) atoms. The number of hydrogen-bond donors (Lipinski definition) is 1. The normalized spacial score (nSPS) is 14.1. The molecule has 1 unspecified atom stereocenters. The van der Waals surface area contributed by atoms with Crippen molar-refractivity contribution in [2.75, 3.05) is 26.4 Å². The Balaban J connectivity index is 3.20. The molecule has 168 valence electrons. The van der Waals surface area contributed by atoms with Crippen LogP contribution in [0.2, 0.25) is 0 Å². The van der Waals surface area contributed by atoms with Crippen LogP contribution in [0.4, 0.5) is 0 Å². The number of benzene rings is 1. The van der Waals surface area contributed by atoms with E-state index in [1.54, 1.807) is 41.5 Å². The van der Waals surface area contributed by atoms with Crippen molar-refractivity contribution in [3.63, 3.8) is 0 Å². The van der Waals surface area contributed by atoms with E-state index in [2.05, 4.69) is 5.32 Å². The van der Waals surface area contributed by atoms with Crippen LogP contribution in [0.15, 0.2) is 30.3 Å². The van der Waals surface area contributed by atoms with Crippen molar-refractivity contribution in [2.24, 2.45) is 0 Å². The highest BCUT2D eigenvalue weighted by atomic mass is 31.2. The van der Waals surface area contributed by atoms with Crippen molar-refractivity contribution in [2.45, 2.75) is 65.4 Å². The number of nitrogens with one attached hydrogen (secondary N) is 1. The van der Waals surface area contributed by atoms with Crippen LogP contribution < -0.4 is 5.32 Å². The SMILES string of the molecule is CCOP(=O)(OCC)C(CC(C)(C)P(=O)(OCC)OCC)NCc1ccccc1. The van der Waals surface area contributed by atoms with Crippen LogP contribution in [0.5, 0.6) is 0 Å². The molecule has 0 aliphatic carbocycles. The maximum Gasteiger partial charge on any atom is 0.347 e. The molecule has 0 aromatic heterocycles. The molecule has 9 heteroatoms. The first-order chi connectivity index (χ1) is 13.7. The Kier molecular flexibility index (Phi) is 11.3. The van der Waals surface area contributed by atoms with Gasteiger partial charge >= 0.3 is 15.2 Å².